The minimum absolute atomic E-state index is 0.295. The Morgan fingerprint density at radius 3 is 2.68 bits per heavy atom. The third-order valence-corrected chi connectivity index (χ3v) is 3.09. The molecular formula is C15H24FNO2. The lowest BCUT2D eigenvalue weighted by molar-refractivity contribution is 0.188. The molecule has 0 heterocycles. The Hall–Kier alpha value is -1.13. The number of hydrogen-bond acceptors (Lipinski definition) is 3. The summed E-state index contributed by atoms with van der Waals surface area (Å²) in [5.74, 6) is -0.00438. The summed E-state index contributed by atoms with van der Waals surface area (Å²) in [6.45, 7) is 3.76. The van der Waals surface area contributed by atoms with Crippen molar-refractivity contribution in [2.45, 2.75) is 32.2 Å². The second-order valence-electron chi connectivity index (χ2n) is 4.56. The van der Waals surface area contributed by atoms with Crippen molar-refractivity contribution in [3.05, 3.63) is 29.6 Å². The van der Waals surface area contributed by atoms with Crippen molar-refractivity contribution in [3.63, 3.8) is 0 Å². The van der Waals surface area contributed by atoms with Gasteiger partial charge < -0.3 is 14.8 Å². The van der Waals surface area contributed by atoms with Crippen molar-refractivity contribution < 1.29 is 13.9 Å². The van der Waals surface area contributed by atoms with Crippen molar-refractivity contribution in [1.29, 1.82) is 0 Å². The van der Waals surface area contributed by atoms with Crippen LogP contribution in [0.15, 0.2) is 18.2 Å². The fourth-order valence-electron chi connectivity index (χ4n) is 2.16. The maximum absolute atomic E-state index is 13.6. The average Bonchev–Trinajstić information content (AvgIpc) is 2.39. The van der Waals surface area contributed by atoms with Crippen LogP contribution < -0.4 is 10.1 Å². The normalized spacial score (nSPS) is 12.4. The maximum Gasteiger partial charge on any atom is 0.165 e. The van der Waals surface area contributed by atoms with Gasteiger partial charge in [0.05, 0.1) is 7.11 Å². The molecule has 3 nitrogen and oxygen atoms in total. The van der Waals surface area contributed by atoms with Gasteiger partial charge in [0.1, 0.15) is 0 Å². The van der Waals surface area contributed by atoms with Gasteiger partial charge in [-0.25, -0.2) is 4.39 Å². The van der Waals surface area contributed by atoms with Crippen LogP contribution in [-0.4, -0.2) is 33.4 Å². The first-order valence-electron chi connectivity index (χ1n) is 6.76. The highest BCUT2D eigenvalue weighted by molar-refractivity contribution is 5.29. The molecule has 0 saturated heterocycles. The van der Waals surface area contributed by atoms with Gasteiger partial charge in [-0.3, -0.25) is 0 Å². The molecule has 1 aromatic carbocycles. The summed E-state index contributed by atoms with van der Waals surface area (Å²) in [7, 11) is 3.19. The highest BCUT2D eigenvalue weighted by Crippen LogP contribution is 2.19. The molecule has 1 rings (SSSR count). The molecule has 0 bridgehead atoms. The van der Waals surface area contributed by atoms with Crippen molar-refractivity contribution in [2.24, 2.45) is 0 Å². The van der Waals surface area contributed by atoms with Gasteiger partial charge >= 0.3 is 0 Å². The molecule has 1 N–H and O–H groups in total. The number of nitrogens with one attached hydrogen (secondary N) is 1. The summed E-state index contributed by atoms with van der Waals surface area (Å²) < 4.78 is 23.6. The molecule has 1 aromatic rings. The fraction of sp³-hybridized carbons (Fsp3) is 0.600. The van der Waals surface area contributed by atoms with Crippen LogP contribution in [0.2, 0.25) is 0 Å². The summed E-state index contributed by atoms with van der Waals surface area (Å²) in [6, 6.07) is 5.51. The number of halogens is 1. The van der Waals surface area contributed by atoms with E-state index in [-0.39, 0.29) is 5.82 Å². The first-order valence-corrected chi connectivity index (χ1v) is 6.76. The van der Waals surface area contributed by atoms with E-state index in [4.69, 9.17) is 9.47 Å². The van der Waals surface area contributed by atoms with E-state index in [1.54, 1.807) is 19.2 Å². The Morgan fingerprint density at radius 1 is 1.32 bits per heavy atom. The van der Waals surface area contributed by atoms with E-state index in [0.717, 1.165) is 38.0 Å². The first kappa shape index (κ1) is 15.9. The Balaban J connectivity index is 2.59. The van der Waals surface area contributed by atoms with E-state index in [1.165, 1.54) is 7.11 Å². The molecular weight excluding hydrogens is 245 g/mol. The molecule has 0 aromatic heterocycles. The van der Waals surface area contributed by atoms with Crippen LogP contribution in [0, 0.1) is 5.82 Å². The van der Waals surface area contributed by atoms with Crippen LogP contribution >= 0.6 is 0 Å². The molecule has 0 radical (unpaired) electrons. The lowest BCUT2D eigenvalue weighted by Crippen LogP contribution is -2.31. The Labute approximate surface area is 115 Å². The second-order valence-corrected chi connectivity index (χ2v) is 4.56. The van der Waals surface area contributed by atoms with Crippen LogP contribution in [0.25, 0.3) is 0 Å². The minimum Gasteiger partial charge on any atom is -0.494 e. The van der Waals surface area contributed by atoms with Crippen LogP contribution in [0.5, 0.6) is 5.75 Å². The van der Waals surface area contributed by atoms with Crippen LogP contribution in [-0.2, 0) is 11.2 Å². The van der Waals surface area contributed by atoms with Gasteiger partial charge in [-0.05, 0) is 43.5 Å². The standard InChI is InChI=1S/C15H24FNO2/c1-4-17-13(6-5-9-18-2)10-12-7-8-15(19-3)14(16)11-12/h7-8,11,13,17H,4-6,9-10H2,1-3H3. The zero-order chi connectivity index (χ0) is 14.1. The largest absolute Gasteiger partial charge is 0.494 e. The minimum atomic E-state index is -0.299. The molecule has 0 spiro atoms. The van der Waals surface area contributed by atoms with Crippen LogP contribution in [0.3, 0.4) is 0 Å². The quantitative estimate of drug-likeness (QED) is 0.699. The zero-order valence-corrected chi connectivity index (χ0v) is 12.0. The van der Waals surface area contributed by atoms with Crippen LogP contribution in [0.4, 0.5) is 4.39 Å². The molecule has 19 heavy (non-hydrogen) atoms. The topological polar surface area (TPSA) is 30.5 Å². The molecule has 0 amide bonds. The van der Waals surface area contributed by atoms with Gasteiger partial charge in [0.2, 0.25) is 0 Å². The van der Waals surface area contributed by atoms with Gasteiger partial charge in [-0.1, -0.05) is 13.0 Å². The second kappa shape index (κ2) is 8.88. The smallest absolute Gasteiger partial charge is 0.165 e. The van der Waals surface area contributed by atoms with E-state index in [0.29, 0.717) is 11.8 Å². The van der Waals surface area contributed by atoms with Crippen molar-refractivity contribution in [3.8, 4) is 5.75 Å². The van der Waals surface area contributed by atoms with E-state index < -0.39 is 0 Å². The van der Waals surface area contributed by atoms with Gasteiger partial charge in [0.25, 0.3) is 0 Å². The lowest BCUT2D eigenvalue weighted by Gasteiger charge is -2.18. The molecule has 1 unspecified atom stereocenters. The fourth-order valence-corrected chi connectivity index (χ4v) is 2.16. The first-order chi connectivity index (χ1) is 9.21. The lowest BCUT2D eigenvalue weighted by atomic mass is 10.0. The SMILES string of the molecule is CCNC(CCCOC)Cc1ccc(OC)c(F)c1. The number of hydrogen-bond donors (Lipinski definition) is 1. The van der Waals surface area contributed by atoms with Gasteiger partial charge in [0.15, 0.2) is 11.6 Å². The molecule has 0 aliphatic heterocycles. The summed E-state index contributed by atoms with van der Waals surface area (Å²) in [5, 5.41) is 3.43. The maximum atomic E-state index is 13.6. The molecule has 0 aliphatic rings. The van der Waals surface area contributed by atoms with E-state index in [9.17, 15) is 4.39 Å². The molecule has 0 aliphatic carbocycles. The number of rotatable bonds is 9. The highest BCUT2D eigenvalue weighted by atomic mass is 19.1. The molecule has 1 atom stereocenters. The zero-order valence-electron chi connectivity index (χ0n) is 12.0. The molecule has 4 heteroatoms. The summed E-state index contributed by atoms with van der Waals surface area (Å²) in [5.41, 5.74) is 0.988. The Kier molecular flexibility index (Phi) is 7.45. The molecule has 108 valence electrons. The third-order valence-electron chi connectivity index (χ3n) is 3.09. The van der Waals surface area contributed by atoms with Crippen molar-refractivity contribution >= 4 is 0 Å². The highest BCUT2D eigenvalue weighted by Gasteiger charge is 2.10. The predicted octanol–water partition coefficient (Wildman–Crippen LogP) is 2.78. The van der Waals surface area contributed by atoms with Gasteiger partial charge in [-0.15, -0.1) is 0 Å². The summed E-state index contributed by atoms with van der Waals surface area (Å²) in [6.07, 6.45) is 2.85. The van der Waals surface area contributed by atoms with E-state index >= 15 is 0 Å². The average molecular weight is 269 g/mol. The van der Waals surface area contributed by atoms with Crippen molar-refractivity contribution in [2.75, 3.05) is 27.4 Å². The van der Waals surface area contributed by atoms with E-state index in [2.05, 4.69) is 12.2 Å². The number of ether oxygens (including phenoxy) is 2. The number of methoxy groups -OCH3 is 2. The molecule has 0 saturated carbocycles. The Bertz CT molecular complexity index is 371. The predicted molar refractivity (Wildman–Crippen MR) is 75.2 cm³/mol. The van der Waals surface area contributed by atoms with E-state index in [1.807, 2.05) is 6.07 Å². The van der Waals surface area contributed by atoms with Crippen LogP contribution in [0.1, 0.15) is 25.3 Å². The monoisotopic (exact) mass is 269 g/mol. The number of benzene rings is 1. The van der Waals surface area contributed by atoms with Gasteiger partial charge in [0, 0.05) is 19.8 Å². The third kappa shape index (κ3) is 5.57. The summed E-state index contributed by atoms with van der Waals surface area (Å²) in [4.78, 5) is 0. The van der Waals surface area contributed by atoms with Crippen molar-refractivity contribution in [1.82, 2.24) is 5.32 Å². The molecule has 0 fully saturated rings. The van der Waals surface area contributed by atoms with Gasteiger partial charge in [-0.2, -0.15) is 0 Å². The number of likely N-dealkylation sites (N-methyl/N-ethyl adjacent to an activating group) is 1. The summed E-state index contributed by atoms with van der Waals surface area (Å²) >= 11 is 0. The Morgan fingerprint density at radius 2 is 2.11 bits per heavy atom.